The number of nitrogens with two attached hydrogens (primary N) is 2. The summed E-state index contributed by atoms with van der Waals surface area (Å²) in [4.78, 5) is 14.4. The number of aryl methyl sites for hydroxylation is 1. The highest BCUT2D eigenvalue weighted by molar-refractivity contribution is 7.79. The zero-order valence-corrected chi connectivity index (χ0v) is 19.0. The van der Waals surface area contributed by atoms with Gasteiger partial charge in [-0.25, -0.2) is 15.0 Å². The first kappa shape index (κ1) is 27.2. The van der Waals surface area contributed by atoms with Gasteiger partial charge in [-0.1, -0.05) is 6.92 Å². The molecule has 2 aromatic rings. The van der Waals surface area contributed by atoms with Gasteiger partial charge in [0.1, 0.15) is 30.6 Å². The summed E-state index contributed by atoms with van der Waals surface area (Å²) in [6.45, 7) is 3.06. The van der Waals surface area contributed by atoms with Gasteiger partial charge in [-0.2, -0.15) is 0 Å². The van der Waals surface area contributed by atoms with Crippen LogP contribution in [0.5, 0.6) is 0 Å². The van der Waals surface area contributed by atoms with Gasteiger partial charge in [0.25, 0.3) is 0 Å². The molecule has 1 aliphatic heterocycles. The quantitative estimate of drug-likeness (QED) is 0.142. The predicted molar refractivity (Wildman–Crippen MR) is 112 cm³/mol. The molecule has 188 valence electrons. The molecule has 5 atom stereocenters. The lowest BCUT2D eigenvalue weighted by atomic mass is 10.1. The summed E-state index contributed by atoms with van der Waals surface area (Å²) < 4.78 is 41.7. The monoisotopic (exact) mass is 491 g/mol. The smallest absolute Gasteiger partial charge is 0.167 e. The Bertz CT molecular complexity index is 1010. The number of ether oxygens (including phenoxy) is 1. The molecule has 16 heteroatoms. The predicted octanol–water partition coefficient (Wildman–Crippen LogP) is -2.76. The van der Waals surface area contributed by atoms with Crippen LogP contribution in [-0.4, -0.2) is 102 Å². The van der Waals surface area contributed by atoms with Crippen molar-refractivity contribution in [1.82, 2.24) is 24.4 Å². The fourth-order valence-corrected chi connectivity index (χ4v) is 3.50. The number of rotatable bonds is 8. The summed E-state index contributed by atoms with van der Waals surface area (Å²) in [5, 5.41) is 31.5. The third kappa shape index (κ3) is 6.98. The van der Waals surface area contributed by atoms with Crippen molar-refractivity contribution in [3.8, 4) is 0 Å². The van der Waals surface area contributed by atoms with E-state index in [0.717, 1.165) is 6.42 Å². The Balaban J connectivity index is 0.000000696. The molecule has 1 saturated heterocycles. The summed E-state index contributed by atoms with van der Waals surface area (Å²) in [5.74, 6) is 0.847. The van der Waals surface area contributed by atoms with Crippen LogP contribution in [0.2, 0.25) is 0 Å². The fourth-order valence-electron chi connectivity index (χ4n) is 3.50. The Morgan fingerprint density at radius 2 is 1.94 bits per heavy atom. The normalized spacial score (nSPS) is 24.2. The number of aliphatic hydroxyl groups excluding tert-OH is 3. The zero-order valence-electron chi connectivity index (χ0n) is 18.2. The van der Waals surface area contributed by atoms with Gasteiger partial charge in [0, 0.05) is 29.8 Å². The summed E-state index contributed by atoms with van der Waals surface area (Å²) >= 11 is 0. The van der Waals surface area contributed by atoms with Crippen LogP contribution in [0.4, 0.5) is 5.82 Å². The van der Waals surface area contributed by atoms with Crippen molar-refractivity contribution in [2.45, 2.75) is 57.0 Å². The molecule has 0 saturated carbocycles. The first-order valence-corrected chi connectivity index (χ1v) is 11.5. The van der Waals surface area contributed by atoms with Crippen molar-refractivity contribution in [2.24, 2.45) is 5.73 Å². The van der Waals surface area contributed by atoms with E-state index in [1.807, 2.05) is 6.92 Å². The second-order valence-electron chi connectivity index (χ2n) is 7.48. The highest BCUT2D eigenvalue weighted by Gasteiger charge is 2.45. The van der Waals surface area contributed by atoms with Gasteiger partial charge in [-0.05, 0) is 20.0 Å². The molecule has 7 N–H and O–H groups in total. The minimum Gasteiger partial charge on any atom is -0.759 e. The third-order valence-corrected chi connectivity index (χ3v) is 5.15. The molecule has 3 rings (SSSR count). The number of aromatic nitrogens is 4. The maximum atomic E-state index is 10.6. The molecule has 0 spiro atoms. The Morgan fingerprint density at radius 1 is 1.30 bits per heavy atom. The van der Waals surface area contributed by atoms with E-state index < -0.39 is 41.2 Å². The average molecular weight is 492 g/mol. The van der Waals surface area contributed by atoms with Crippen LogP contribution < -0.4 is 11.5 Å². The van der Waals surface area contributed by atoms with Crippen molar-refractivity contribution >= 4 is 27.4 Å². The SMILES string of the molecule is CCc1nc2c(N)ncnc2n1[C@@H]1O[C@H](CC(O)N(C)CCCN)[C@@H](O)[C@H]1O.O=S(=O)([O-])[O-]. The van der Waals surface area contributed by atoms with Crippen LogP contribution in [0.25, 0.3) is 11.2 Å². The van der Waals surface area contributed by atoms with E-state index in [4.69, 9.17) is 33.7 Å². The minimum atomic E-state index is -5.17. The number of hydrogen-bond acceptors (Lipinski definition) is 14. The number of anilines is 1. The molecule has 0 bridgehead atoms. The van der Waals surface area contributed by atoms with Crippen molar-refractivity contribution in [2.75, 3.05) is 25.9 Å². The first-order valence-electron chi connectivity index (χ1n) is 10.1. The van der Waals surface area contributed by atoms with Gasteiger partial charge in [-0.3, -0.25) is 17.9 Å². The molecule has 1 fully saturated rings. The highest BCUT2D eigenvalue weighted by atomic mass is 32.3. The van der Waals surface area contributed by atoms with Gasteiger partial charge in [0.05, 0.1) is 6.10 Å². The molecule has 0 amide bonds. The molecule has 1 aliphatic rings. The van der Waals surface area contributed by atoms with Crippen LogP contribution in [0.3, 0.4) is 0 Å². The van der Waals surface area contributed by atoms with Crippen LogP contribution in [0, 0.1) is 0 Å². The maximum absolute atomic E-state index is 10.6. The molecule has 0 radical (unpaired) electrons. The van der Waals surface area contributed by atoms with Gasteiger partial charge in [-0.15, -0.1) is 0 Å². The van der Waals surface area contributed by atoms with E-state index in [1.54, 1.807) is 16.5 Å². The average Bonchev–Trinajstić information content (AvgIpc) is 3.24. The third-order valence-electron chi connectivity index (χ3n) is 5.15. The van der Waals surface area contributed by atoms with Crippen LogP contribution >= 0.6 is 0 Å². The van der Waals surface area contributed by atoms with Gasteiger partial charge in [0.2, 0.25) is 0 Å². The summed E-state index contributed by atoms with van der Waals surface area (Å²) in [7, 11) is -3.40. The minimum absolute atomic E-state index is 0.140. The summed E-state index contributed by atoms with van der Waals surface area (Å²) in [6, 6.07) is 0. The zero-order chi connectivity index (χ0) is 24.9. The molecular formula is C17H29N7O8S-2. The molecule has 2 aromatic heterocycles. The van der Waals surface area contributed by atoms with E-state index in [2.05, 4.69) is 15.0 Å². The molecule has 15 nitrogen and oxygen atoms in total. The fraction of sp³-hybridized carbons (Fsp3) is 0.706. The van der Waals surface area contributed by atoms with Crippen molar-refractivity contribution in [3.05, 3.63) is 12.2 Å². The lowest BCUT2D eigenvalue weighted by Crippen LogP contribution is -2.39. The number of fused-ring (bicyclic) bond motifs is 1. The standard InChI is InChI=1S/C17H29N7O4.H2O4S/c1-3-10-22-12-15(19)20-8-21-16(12)24(10)17-14(27)13(26)9(28-17)7-11(25)23(2)6-4-5-18;1-5(2,3)4/h8-9,11,13-14,17,25-27H,3-7,18H2,1-2H3,(H2,19,20,21);(H2,1,2,3,4)/p-2/t9-,11?,13-,14-,17-;/m1./s1. The summed E-state index contributed by atoms with van der Waals surface area (Å²) in [5.41, 5.74) is 12.3. The van der Waals surface area contributed by atoms with Gasteiger partial charge >= 0.3 is 0 Å². The van der Waals surface area contributed by atoms with Gasteiger partial charge < -0.3 is 40.6 Å². The van der Waals surface area contributed by atoms with E-state index in [9.17, 15) is 15.3 Å². The Morgan fingerprint density at radius 3 is 2.52 bits per heavy atom. The number of hydrogen-bond donors (Lipinski definition) is 5. The number of aliphatic hydroxyl groups is 3. The second kappa shape index (κ2) is 11.4. The second-order valence-corrected chi connectivity index (χ2v) is 8.29. The van der Waals surface area contributed by atoms with Crippen LogP contribution in [0.1, 0.15) is 31.8 Å². The van der Waals surface area contributed by atoms with Crippen molar-refractivity contribution in [3.63, 3.8) is 0 Å². The van der Waals surface area contributed by atoms with Crippen LogP contribution in [0.15, 0.2) is 6.33 Å². The Labute approximate surface area is 190 Å². The van der Waals surface area contributed by atoms with E-state index in [-0.39, 0.29) is 12.2 Å². The van der Waals surface area contributed by atoms with Crippen LogP contribution in [-0.2, 0) is 21.6 Å². The summed E-state index contributed by atoms with van der Waals surface area (Å²) in [6.07, 6.45) is -2.09. The van der Waals surface area contributed by atoms with Gasteiger partial charge in [0.15, 0.2) is 23.2 Å². The molecule has 0 aromatic carbocycles. The number of nitrogens with zero attached hydrogens (tertiary/aromatic N) is 5. The first-order chi connectivity index (χ1) is 15.4. The van der Waals surface area contributed by atoms with E-state index in [0.29, 0.717) is 36.5 Å². The molecule has 0 aliphatic carbocycles. The number of nitrogen functional groups attached to an aromatic ring is 1. The number of imidazole rings is 1. The largest absolute Gasteiger partial charge is 0.759 e. The highest BCUT2D eigenvalue weighted by Crippen LogP contribution is 2.35. The molecule has 1 unspecified atom stereocenters. The van der Waals surface area contributed by atoms with E-state index in [1.165, 1.54) is 6.33 Å². The molecule has 3 heterocycles. The Kier molecular flexibility index (Phi) is 9.41. The maximum Gasteiger partial charge on any atom is 0.167 e. The lowest BCUT2D eigenvalue weighted by molar-refractivity contribution is -0.0744. The Hall–Kier alpha value is -2.02. The van der Waals surface area contributed by atoms with Crippen molar-refractivity contribution < 1.29 is 37.6 Å². The molecule has 33 heavy (non-hydrogen) atoms. The van der Waals surface area contributed by atoms with Crippen molar-refractivity contribution in [1.29, 1.82) is 0 Å². The molecular weight excluding hydrogens is 462 g/mol. The topological polar surface area (TPSA) is 249 Å². The van der Waals surface area contributed by atoms with E-state index >= 15 is 0 Å². The lowest BCUT2D eigenvalue weighted by Gasteiger charge is -2.26.